The van der Waals surface area contributed by atoms with Crippen LogP contribution in [0, 0.1) is 0 Å². The highest BCUT2D eigenvalue weighted by Crippen LogP contribution is 2.05. The Balaban J connectivity index is 3.45. The zero-order valence-corrected chi connectivity index (χ0v) is 15.7. The normalized spacial score (nSPS) is 15.3. The molecular weight excluding hydrogens is 296 g/mol. The maximum atomic E-state index is 9.81. The highest BCUT2D eigenvalue weighted by atomic mass is 16.3. The van der Waals surface area contributed by atoms with E-state index in [2.05, 4.69) is 43.4 Å². The Bertz CT molecular complexity index is 364. The lowest BCUT2D eigenvalue weighted by atomic mass is 10.1. The van der Waals surface area contributed by atoms with Gasteiger partial charge in [0.1, 0.15) is 0 Å². The number of hydrogen-bond acceptors (Lipinski definition) is 2. The number of hydrogen-bond donors (Lipinski definition) is 2. The zero-order chi connectivity index (χ0) is 17.9. The largest absolute Gasteiger partial charge is 0.393 e. The van der Waals surface area contributed by atoms with Gasteiger partial charge < -0.3 is 10.2 Å². The van der Waals surface area contributed by atoms with E-state index in [1.165, 1.54) is 25.7 Å². The average Bonchev–Trinajstić information content (AvgIpc) is 2.55. The summed E-state index contributed by atoms with van der Waals surface area (Å²) >= 11 is 0. The second kappa shape index (κ2) is 18.2. The third-order valence-electron chi connectivity index (χ3n) is 3.68. The highest BCUT2D eigenvalue weighted by Gasteiger charge is 1.98. The van der Waals surface area contributed by atoms with Crippen molar-refractivity contribution in [3.8, 4) is 0 Å². The van der Waals surface area contributed by atoms with Crippen molar-refractivity contribution in [1.29, 1.82) is 0 Å². The topological polar surface area (TPSA) is 40.5 Å². The number of aliphatic hydroxyl groups is 2. The van der Waals surface area contributed by atoms with Gasteiger partial charge in [-0.15, -0.1) is 0 Å². The van der Waals surface area contributed by atoms with Crippen LogP contribution >= 0.6 is 0 Å². The Labute approximate surface area is 149 Å². The standard InChI is InChI=1S/C22H38O2/c1-3-4-5-6-7-8-9-10-11-12-13-14-15-19-22(24)20-17-16-18-21(2)23/h4-5,9-10,14-17,21-24H,3,6-8,11-13,18-20H2,1-2H3/b5-4+,10-9+,15-14+,17-16+. The molecule has 0 aromatic heterocycles. The van der Waals surface area contributed by atoms with E-state index in [1.807, 2.05) is 12.2 Å². The number of aliphatic hydroxyl groups excluding tert-OH is 2. The molecule has 0 aliphatic rings. The Kier molecular flexibility index (Phi) is 17.4. The fourth-order valence-corrected chi connectivity index (χ4v) is 2.24. The minimum atomic E-state index is -0.312. The Morgan fingerprint density at radius 1 is 0.625 bits per heavy atom. The van der Waals surface area contributed by atoms with Gasteiger partial charge in [-0.05, 0) is 71.1 Å². The van der Waals surface area contributed by atoms with Gasteiger partial charge in [0.15, 0.2) is 0 Å². The summed E-state index contributed by atoms with van der Waals surface area (Å²) < 4.78 is 0. The van der Waals surface area contributed by atoms with Gasteiger partial charge in [-0.3, -0.25) is 0 Å². The van der Waals surface area contributed by atoms with E-state index in [4.69, 9.17) is 5.11 Å². The first-order chi connectivity index (χ1) is 11.7. The van der Waals surface area contributed by atoms with E-state index in [9.17, 15) is 5.11 Å². The maximum absolute atomic E-state index is 9.81. The zero-order valence-electron chi connectivity index (χ0n) is 15.7. The summed E-state index contributed by atoms with van der Waals surface area (Å²) in [6.07, 6.45) is 26.8. The van der Waals surface area contributed by atoms with Crippen LogP contribution in [0.15, 0.2) is 48.6 Å². The summed E-state index contributed by atoms with van der Waals surface area (Å²) in [5, 5.41) is 18.9. The quantitative estimate of drug-likeness (QED) is 0.290. The molecule has 0 fully saturated rings. The van der Waals surface area contributed by atoms with Gasteiger partial charge in [-0.25, -0.2) is 0 Å². The lowest BCUT2D eigenvalue weighted by molar-refractivity contribution is 0.180. The molecule has 0 saturated heterocycles. The Hall–Kier alpha value is -1.12. The van der Waals surface area contributed by atoms with Crippen molar-refractivity contribution in [3.63, 3.8) is 0 Å². The fraction of sp³-hybridized carbons (Fsp3) is 0.636. The molecule has 0 saturated carbocycles. The van der Waals surface area contributed by atoms with Gasteiger partial charge in [-0.2, -0.15) is 0 Å². The first kappa shape index (κ1) is 22.9. The second-order valence-electron chi connectivity index (χ2n) is 6.37. The first-order valence-electron chi connectivity index (χ1n) is 9.62. The molecule has 0 aliphatic heterocycles. The predicted octanol–water partition coefficient (Wildman–Crippen LogP) is 5.87. The van der Waals surface area contributed by atoms with E-state index in [-0.39, 0.29) is 12.2 Å². The lowest BCUT2D eigenvalue weighted by Crippen LogP contribution is -2.02. The number of unbranched alkanes of at least 4 members (excludes halogenated alkanes) is 4. The van der Waals surface area contributed by atoms with E-state index >= 15 is 0 Å². The number of allylic oxidation sites excluding steroid dienone is 5. The molecule has 0 rings (SSSR count). The molecule has 2 unspecified atom stereocenters. The maximum Gasteiger partial charge on any atom is 0.0609 e. The molecule has 0 radical (unpaired) electrons. The van der Waals surface area contributed by atoms with Crippen LogP contribution in [0.25, 0.3) is 0 Å². The second-order valence-corrected chi connectivity index (χ2v) is 6.37. The molecule has 0 spiro atoms. The summed E-state index contributed by atoms with van der Waals surface area (Å²) in [4.78, 5) is 0. The van der Waals surface area contributed by atoms with Crippen molar-refractivity contribution in [2.75, 3.05) is 0 Å². The molecule has 2 N–H and O–H groups in total. The molecule has 138 valence electrons. The molecule has 2 heteroatoms. The summed E-state index contributed by atoms with van der Waals surface area (Å²) in [6, 6.07) is 0. The highest BCUT2D eigenvalue weighted by molar-refractivity contribution is 4.90. The van der Waals surface area contributed by atoms with Crippen LogP contribution in [0.2, 0.25) is 0 Å². The summed E-state index contributed by atoms with van der Waals surface area (Å²) in [6.45, 7) is 3.94. The molecule has 2 nitrogen and oxygen atoms in total. The van der Waals surface area contributed by atoms with E-state index in [0.717, 1.165) is 19.3 Å². The Morgan fingerprint density at radius 2 is 1.04 bits per heavy atom. The van der Waals surface area contributed by atoms with Crippen molar-refractivity contribution in [3.05, 3.63) is 48.6 Å². The Morgan fingerprint density at radius 3 is 1.54 bits per heavy atom. The molecule has 0 amide bonds. The first-order valence-corrected chi connectivity index (χ1v) is 9.62. The van der Waals surface area contributed by atoms with Crippen LogP contribution in [0.3, 0.4) is 0 Å². The van der Waals surface area contributed by atoms with Gasteiger partial charge in [0.2, 0.25) is 0 Å². The summed E-state index contributed by atoms with van der Waals surface area (Å²) in [7, 11) is 0. The van der Waals surface area contributed by atoms with Gasteiger partial charge in [0.05, 0.1) is 12.2 Å². The lowest BCUT2D eigenvalue weighted by Gasteiger charge is -2.03. The van der Waals surface area contributed by atoms with Gasteiger partial charge in [0, 0.05) is 0 Å². The van der Waals surface area contributed by atoms with Crippen LogP contribution in [0.1, 0.15) is 78.1 Å². The summed E-state index contributed by atoms with van der Waals surface area (Å²) in [5.41, 5.74) is 0. The van der Waals surface area contributed by atoms with Crippen LogP contribution in [0.5, 0.6) is 0 Å². The van der Waals surface area contributed by atoms with Crippen molar-refractivity contribution in [1.82, 2.24) is 0 Å². The van der Waals surface area contributed by atoms with Gasteiger partial charge in [-0.1, -0.05) is 55.5 Å². The molecule has 0 aromatic carbocycles. The van der Waals surface area contributed by atoms with Crippen molar-refractivity contribution < 1.29 is 10.2 Å². The van der Waals surface area contributed by atoms with Crippen LogP contribution in [0.4, 0.5) is 0 Å². The minimum absolute atomic E-state index is 0.301. The minimum Gasteiger partial charge on any atom is -0.393 e. The monoisotopic (exact) mass is 334 g/mol. The molecule has 24 heavy (non-hydrogen) atoms. The third-order valence-corrected chi connectivity index (χ3v) is 3.68. The smallest absolute Gasteiger partial charge is 0.0609 e. The molecule has 2 atom stereocenters. The average molecular weight is 335 g/mol. The predicted molar refractivity (Wildman–Crippen MR) is 106 cm³/mol. The molecular formula is C22H38O2. The third kappa shape index (κ3) is 18.9. The summed E-state index contributed by atoms with van der Waals surface area (Å²) in [5.74, 6) is 0. The molecule has 0 aromatic rings. The number of rotatable bonds is 15. The fourth-order valence-electron chi connectivity index (χ4n) is 2.24. The van der Waals surface area contributed by atoms with Crippen molar-refractivity contribution in [2.24, 2.45) is 0 Å². The molecule has 0 aliphatic carbocycles. The molecule has 0 bridgehead atoms. The van der Waals surface area contributed by atoms with Gasteiger partial charge in [0.25, 0.3) is 0 Å². The van der Waals surface area contributed by atoms with Crippen LogP contribution in [-0.2, 0) is 0 Å². The van der Waals surface area contributed by atoms with Crippen molar-refractivity contribution >= 4 is 0 Å². The van der Waals surface area contributed by atoms with E-state index in [1.54, 1.807) is 6.92 Å². The van der Waals surface area contributed by atoms with E-state index in [0.29, 0.717) is 19.3 Å². The van der Waals surface area contributed by atoms with Crippen molar-refractivity contribution in [2.45, 2.75) is 90.3 Å². The van der Waals surface area contributed by atoms with Crippen LogP contribution < -0.4 is 0 Å². The van der Waals surface area contributed by atoms with Gasteiger partial charge >= 0.3 is 0 Å². The van der Waals surface area contributed by atoms with Crippen LogP contribution in [-0.4, -0.2) is 22.4 Å². The van der Waals surface area contributed by atoms with E-state index < -0.39 is 0 Å². The SMILES string of the molecule is CC/C=C/CCC/C=C/CCC/C=C/CC(O)C/C=C/CC(C)O. The molecule has 0 heterocycles.